The maximum Gasteiger partial charge on any atom is 0.339 e. The number of hydrogen-bond acceptors (Lipinski definition) is 7. The molecule has 7 nitrogen and oxygen atoms in total. The molecule has 0 aromatic heterocycles. The number of piperazine rings is 1. The highest BCUT2D eigenvalue weighted by molar-refractivity contribution is 7.86. The first kappa shape index (κ1) is 27.1. The third-order valence-corrected chi connectivity index (χ3v) is 8.57. The molecule has 0 saturated carbocycles. The molecule has 204 valence electrons. The van der Waals surface area contributed by atoms with Gasteiger partial charge in [-0.05, 0) is 37.1 Å². The first-order valence-corrected chi connectivity index (χ1v) is 14.7. The third-order valence-electron chi connectivity index (χ3n) is 7.30. The van der Waals surface area contributed by atoms with Gasteiger partial charge in [0.25, 0.3) is 0 Å². The number of benzene rings is 3. The van der Waals surface area contributed by atoms with Gasteiger partial charge in [0.15, 0.2) is 0 Å². The largest absolute Gasteiger partial charge is 0.462 e. The van der Waals surface area contributed by atoms with Crippen LogP contribution in [0.25, 0.3) is 0 Å². The Kier molecular flexibility index (Phi) is 8.16. The van der Waals surface area contributed by atoms with Gasteiger partial charge in [-0.1, -0.05) is 78.4 Å². The van der Waals surface area contributed by atoms with Crippen molar-refractivity contribution in [2.45, 2.75) is 50.3 Å². The SMILES string of the molecule is CCOC(=O)C1=C(OS(=O)(=O)c2ccc(C)cc2)CC2CN(Cc3ccccc3)CC1N2Cc1ccccc1. The summed E-state index contributed by atoms with van der Waals surface area (Å²) in [6, 6.07) is 26.4. The second-order valence-corrected chi connectivity index (χ2v) is 11.7. The van der Waals surface area contributed by atoms with Crippen LogP contribution in [0.5, 0.6) is 0 Å². The van der Waals surface area contributed by atoms with Crippen LogP contribution in [0.15, 0.2) is 101 Å². The van der Waals surface area contributed by atoms with Crippen LogP contribution in [0.4, 0.5) is 0 Å². The van der Waals surface area contributed by atoms with Gasteiger partial charge in [0.2, 0.25) is 0 Å². The average Bonchev–Trinajstić information content (AvgIpc) is 2.91. The van der Waals surface area contributed by atoms with Crippen molar-refractivity contribution in [3.63, 3.8) is 0 Å². The highest BCUT2D eigenvalue weighted by Crippen LogP contribution is 2.37. The first-order chi connectivity index (χ1) is 18.8. The smallest absolute Gasteiger partial charge is 0.339 e. The lowest BCUT2D eigenvalue weighted by atomic mass is 9.88. The molecule has 2 heterocycles. The number of carbonyl (C=O) groups excluding carboxylic acids is 1. The lowest BCUT2D eigenvalue weighted by molar-refractivity contribution is -0.140. The fourth-order valence-corrected chi connectivity index (χ4v) is 6.45. The number of hydrogen-bond donors (Lipinski definition) is 0. The molecule has 1 saturated heterocycles. The van der Waals surface area contributed by atoms with E-state index >= 15 is 0 Å². The number of ether oxygens (including phenoxy) is 1. The molecule has 2 atom stereocenters. The van der Waals surface area contributed by atoms with Crippen LogP contribution in [-0.2, 0) is 36.9 Å². The van der Waals surface area contributed by atoms with Gasteiger partial charge in [-0.3, -0.25) is 9.80 Å². The van der Waals surface area contributed by atoms with E-state index in [0.29, 0.717) is 19.6 Å². The molecule has 0 N–H and O–H groups in total. The Balaban J connectivity index is 1.52. The summed E-state index contributed by atoms with van der Waals surface area (Å²) in [5, 5.41) is 0. The first-order valence-electron chi connectivity index (χ1n) is 13.3. The van der Waals surface area contributed by atoms with Crippen LogP contribution < -0.4 is 0 Å². The fourth-order valence-electron chi connectivity index (χ4n) is 5.46. The summed E-state index contributed by atoms with van der Waals surface area (Å²) in [5.74, 6) is -0.345. The van der Waals surface area contributed by atoms with Crippen LogP contribution in [0.1, 0.15) is 30.0 Å². The highest BCUT2D eigenvalue weighted by Gasteiger charge is 2.46. The number of esters is 1. The van der Waals surface area contributed by atoms with Crippen molar-refractivity contribution in [3.05, 3.63) is 113 Å². The van der Waals surface area contributed by atoms with E-state index in [9.17, 15) is 13.2 Å². The number of nitrogens with zero attached hydrogens (tertiary/aromatic N) is 2. The van der Waals surface area contributed by atoms with Crippen LogP contribution in [0.3, 0.4) is 0 Å². The fraction of sp³-hybridized carbons (Fsp3) is 0.323. The van der Waals surface area contributed by atoms with Crippen molar-refractivity contribution in [1.29, 1.82) is 0 Å². The maximum absolute atomic E-state index is 13.4. The van der Waals surface area contributed by atoms with Gasteiger partial charge in [-0.2, -0.15) is 8.42 Å². The van der Waals surface area contributed by atoms with Crippen LogP contribution in [-0.4, -0.2) is 56.0 Å². The minimum atomic E-state index is -4.13. The zero-order chi connectivity index (χ0) is 27.4. The molecule has 8 heteroatoms. The van der Waals surface area contributed by atoms with Crippen LogP contribution >= 0.6 is 0 Å². The van der Waals surface area contributed by atoms with E-state index in [1.54, 1.807) is 19.1 Å². The molecule has 39 heavy (non-hydrogen) atoms. The summed E-state index contributed by atoms with van der Waals surface area (Å²) >= 11 is 0. The number of carbonyl (C=O) groups is 1. The van der Waals surface area contributed by atoms with Gasteiger partial charge in [-0.15, -0.1) is 0 Å². The van der Waals surface area contributed by atoms with Crippen LogP contribution in [0, 0.1) is 6.92 Å². The molecular formula is C31H34N2O5S. The Morgan fingerprint density at radius 1 is 0.872 bits per heavy atom. The zero-order valence-corrected chi connectivity index (χ0v) is 23.1. The lowest BCUT2D eigenvalue weighted by Crippen LogP contribution is -2.61. The van der Waals surface area contributed by atoms with E-state index in [-0.39, 0.29) is 41.3 Å². The van der Waals surface area contributed by atoms with E-state index in [4.69, 9.17) is 8.92 Å². The molecule has 2 bridgehead atoms. The standard InChI is InChI=1S/C31H34N2O5S/c1-3-37-31(34)30-28-22-32(19-24-10-6-4-7-11-24)21-26(33(28)20-25-12-8-5-9-13-25)18-29(30)38-39(35,36)27-16-14-23(2)15-17-27/h4-17,26,28H,3,18-22H2,1-2H3. The van der Waals surface area contributed by atoms with Gasteiger partial charge in [0.1, 0.15) is 10.7 Å². The van der Waals surface area contributed by atoms with Gasteiger partial charge < -0.3 is 8.92 Å². The number of aryl methyl sites for hydroxylation is 1. The van der Waals surface area contributed by atoms with Gasteiger partial charge in [0.05, 0.1) is 18.2 Å². The van der Waals surface area contributed by atoms with Crippen molar-refractivity contribution in [2.24, 2.45) is 0 Å². The van der Waals surface area contributed by atoms with Crippen molar-refractivity contribution >= 4 is 16.1 Å². The molecule has 5 rings (SSSR count). The summed E-state index contributed by atoms with van der Waals surface area (Å²) in [6.45, 7) is 6.46. The van der Waals surface area contributed by atoms with E-state index < -0.39 is 16.1 Å². The predicted molar refractivity (Wildman–Crippen MR) is 149 cm³/mol. The Labute approximate surface area is 230 Å². The number of rotatable bonds is 9. The second kappa shape index (κ2) is 11.7. The summed E-state index contributed by atoms with van der Waals surface area (Å²) in [4.78, 5) is 18.1. The van der Waals surface area contributed by atoms with Gasteiger partial charge >= 0.3 is 16.1 Å². The topological polar surface area (TPSA) is 76.1 Å². The second-order valence-electron chi connectivity index (χ2n) is 10.1. The molecule has 3 aromatic carbocycles. The normalized spacial score (nSPS) is 20.1. The third kappa shape index (κ3) is 6.24. The molecule has 0 radical (unpaired) electrons. The molecule has 2 unspecified atom stereocenters. The lowest BCUT2D eigenvalue weighted by Gasteiger charge is -2.50. The highest BCUT2D eigenvalue weighted by atomic mass is 32.2. The van der Waals surface area contributed by atoms with E-state index in [0.717, 1.165) is 17.7 Å². The summed E-state index contributed by atoms with van der Waals surface area (Å²) in [6.07, 6.45) is 0.286. The molecular weight excluding hydrogens is 512 g/mol. The van der Waals surface area contributed by atoms with E-state index in [2.05, 4.69) is 34.1 Å². The molecule has 2 aliphatic heterocycles. The minimum absolute atomic E-state index is 0.0472. The molecule has 3 aromatic rings. The zero-order valence-electron chi connectivity index (χ0n) is 22.3. The predicted octanol–water partition coefficient (Wildman–Crippen LogP) is 4.68. The summed E-state index contributed by atoms with van der Waals surface area (Å²) in [5.41, 5.74) is 3.55. The molecule has 2 aliphatic rings. The van der Waals surface area contributed by atoms with Crippen molar-refractivity contribution in [1.82, 2.24) is 9.80 Å². The minimum Gasteiger partial charge on any atom is -0.462 e. The maximum atomic E-state index is 13.4. The Hall–Kier alpha value is -3.46. The summed E-state index contributed by atoms with van der Waals surface area (Å²) in [7, 11) is -4.13. The van der Waals surface area contributed by atoms with Crippen molar-refractivity contribution < 1.29 is 22.1 Å². The van der Waals surface area contributed by atoms with Crippen molar-refractivity contribution in [3.8, 4) is 0 Å². The quantitative estimate of drug-likeness (QED) is 0.285. The van der Waals surface area contributed by atoms with Crippen LogP contribution in [0.2, 0.25) is 0 Å². The number of fused-ring (bicyclic) bond motifs is 2. The van der Waals surface area contributed by atoms with Crippen molar-refractivity contribution in [2.75, 3.05) is 19.7 Å². The molecule has 1 fully saturated rings. The molecule has 0 aliphatic carbocycles. The average molecular weight is 547 g/mol. The monoisotopic (exact) mass is 546 g/mol. The Bertz CT molecular complexity index is 1420. The van der Waals surface area contributed by atoms with Gasteiger partial charge in [0, 0.05) is 38.6 Å². The molecule has 0 spiro atoms. The Morgan fingerprint density at radius 3 is 2.10 bits per heavy atom. The Morgan fingerprint density at radius 2 is 1.49 bits per heavy atom. The molecule has 0 amide bonds. The summed E-state index contributed by atoms with van der Waals surface area (Å²) < 4.78 is 37.9. The van der Waals surface area contributed by atoms with E-state index in [1.807, 2.05) is 43.3 Å². The van der Waals surface area contributed by atoms with Gasteiger partial charge in [-0.25, -0.2) is 4.79 Å². The van der Waals surface area contributed by atoms with E-state index in [1.165, 1.54) is 17.7 Å².